The number of ether oxygens (including phenoxy) is 1. The van der Waals surface area contributed by atoms with Crippen LogP contribution in [0.25, 0.3) is 0 Å². The van der Waals surface area contributed by atoms with E-state index in [-0.39, 0.29) is 0 Å². The van der Waals surface area contributed by atoms with Crippen LogP contribution in [0.4, 0.5) is 0 Å². The van der Waals surface area contributed by atoms with E-state index >= 15 is 0 Å². The zero-order valence-corrected chi connectivity index (χ0v) is 11.7. The van der Waals surface area contributed by atoms with Crippen LogP contribution in [0.3, 0.4) is 0 Å². The Bertz CT molecular complexity index is 350. The summed E-state index contributed by atoms with van der Waals surface area (Å²) in [7, 11) is 0. The molecule has 1 atom stereocenters. The average molecular weight is 251 g/mol. The van der Waals surface area contributed by atoms with Gasteiger partial charge in [0.25, 0.3) is 0 Å². The monoisotopic (exact) mass is 251 g/mol. The van der Waals surface area contributed by atoms with Gasteiger partial charge in [-0.05, 0) is 38.9 Å². The largest absolute Gasteiger partial charge is 0.493 e. The lowest BCUT2D eigenvalue weighted by molar-refractivity contribution is 0.0449. The zero-order valence-electron chi connectivity index (χ0n) is 11.7. The van der Waals surface area contributed by atoms with Crippen molar-refractivity contribution in [3.05, 3.63) is 29.8 Å². The molecule has 0 aliphatic heterocycles. The molecule has 0 amide bonds. The molecule has 3 heteroatoms. The van der Waals surface area contributed by atoms with Gasteiger partial charge in [0, 0.05) is 5.56 Å². The molecule has 0 aliphatic carbocycles. The van der Waals surface area contributed by atoms with Crippen LogP contribution < -0.4 is 10.1 Å². The molecule has 0 saturated heterocycles. The first-order valence-electron chi connectivity index (χ1n) is 6.77. The molecule has 0 saturated carbocycles. The highest BCUT2D eigenvalue weighted by atomic mass is 16.5. The van der Waals surface area contributed by atoms with Crippen molar-refractivity contribution >= 4 is 0 Å². The number of hydrogen-bond acceptors (Lipinski definition) is 3. The van der Waals surface area contributed by atoms with Crippen LogP contribution in [0.5, 0.6) is 5.75 Å². The second-order valence-electron chi connectivity index (χ2n) is 4.72. The van der Waals surface area contributed by atoms with E-state index in [0.29, 0.717) is 13.0 Å². The van der Waals surface area contributed by atoms with Gasteiger partial charge in [-0.2, -0.15) is 0 Å². The summed E-state index contributed by atoms with van der Waals surface area (Å²) in [5, 5.41) is 13.8. The van der Waals surface area contributed by atoms with Crippen molar-refractivity contribution in [2.45, 2.75) is 39.2 Å². The van der Waals surface area contributed by atoms with Gasteiger partial charge in [0.15, 0.2) is 0 Å². The highest BCUT2D eigenvalue weighted by Crippen LogP contribution is 2.32. The first kappa shape index (κ1) is 15.0. The highest BCUT2D eigenvalue weighted by Gasteiger charge is 2.25. The maximum absolute atomic E-state index is 10.6. The number of nitrogens with one attached hydrogen (secondary N) is 1. The van der Waals surface area contributed by atoms with Crippen molar-refractivity contribution in [3.8, 4) is 5.75 Å². The normalized spacial score (nSPS) is 14.2. The first-order chi connectivity index (χ1) is 8.61. The molecule has 0 aromatic heterocycles. The maximum atomic E-state index is 10.6. The molecule has 3 nitrogen and oxygen atoms in total. The molecule has 2 N–H and O–H groups in total. The van der Waals surface area contributed by atoms with Crippen molar-refractivity contribution < 1.29 is 9.84 Å². The van der Waals surface area contributed by atoms with Crippen LogP contribution in [-0.2, 0) is 5.60 Å². The van der Waals surface area contributed by atoms with Crippen LogP contribution in [0.15, 0.2) is 24.3 Å². The maximum Gasteiger partial charge on any atom is 0.125 e. The van der Waals surface area contributed by atoms with E-state index in [1.807, 2.05) is 31.2 Å². The Kier molecular flexibility index (Phi) is 6.16. The van der Waals surface area contributed by atoms with Crippen LogP contribution in [0, 0.1) is 0 Å². The van der Waals surface area contributed by atoms with Gasteiger partial charge in [0.1, 0.15) is 5.75 Å². The van der Waals surface area contributed by atoms with E-state index in [4.69, 9.17) is 4.74 Å². The summed E-state index contributed by atoms with van der Waals surface area (Å²) in [5.74, 6) is 0.792. The Hall–Kier alpha value is -1.06. The van der Waals surface area contributed by atoms with E-state index < -0.39 is 5.60 Å². The van der Waals surface area contributed by atoms with Gasteiger partial charge < -0.3 is 15.2 Å². The van der Waals surface area contributed by atoms with E-state index in [2.05, 4.69) is 19.2 Å². The lowest BCUT2D eigenvalue weighted by atomic mass is 9.91. The molecule has 0 heterocycles. The van der Waals surface area contributed by atoms with Crippen LogP contribution in [0.2, 0.25) is 0 Å². The fourth-order valence-electron chi connectivity index (χ4n) is 1.89. The summed E-state index contributed by atoms with van der Waals surface area (Å²) in [6, 6.07) is 7.74. The second kappa shape index (κ2) is 7.39. The van der Waals surface area contributed by atoms with Crippen LogP contribution >= 0.6 is 0 Å². The summed E-state index contributed by atoms with van der Waals surface area (Å²) < 4.78 is 5.70. The van der Waals surface area contributed by atoms with Crippen molar-refractivity contribution in [3.63, 3.8) is 0 Å². The molecule has 18 heavy (non-hydrogen) atoms. The van der Waals surface area contributed by atoms with Gasteiger partial charge in [-0.15, -0.1) is 0 Å². The smallest absolute Gasteiger partial charge is 0.125 e. The van der Waals surface area contributed by atoms with Gasteiger partial charge in [-0.1, -0.05) is 32.0 Å². The zero-order chi connectivity index (χ0) is 13.4. The Morgan fingerprint density at radius 3 is 2.67 bits per heavy atom. The third-order valence-electron chi connectivity index (χ3n) is 2.97. The summed E-state index contributed by atoms with van der Waals surface area (Å²) in [4.78, 5) is 0. The molecule has 0 radical (unpaired) electrons. The Balaban J connectivity index is 2.78. The Morgan fingerprint density at radius 2 is 2.00 bits per heavy atom. The fraction of sp³-hybridized carbons (Fsp3) is 0.600. The third-order valence-corrected chi connectivity index (χ3v) is 2.97. The lowest BCUT2D eigenvalue weighted by Gasteiger charge is -2.26. The molecular weight excluding hydrogens is 226 g/mol. The number of hydrogen-bond donors (Lipinski definition) is 2. The fourth-order valence-corrected chi connectivity index (χ4v) is 1.89. The van der Waals surface area contributed by atoms with E-state index in [0.717, 1.165) is 30.8 Å². The number of aliphatic hydroxyl groups is 1. The lowest BCUT2D eigenvalue weighted by Crippen LogP contribution is -2.28. The number of para-hydroxylation sites is 1. The highest BCUT2D eigenvalue weighted by molar-refractivity contribution is 5.37. The van der Waals surface area contributed by atoms with Gasteiger partial charge in [-0.25, -0.2) is 0 Å². The van der Waals surface area contributed by atoms with Gasteiger partial charge in [0.2, 0.25) is 0 Å². The standard InChI is InChI=1S/C15H25NO2/c1-4-12-18-14-9-7-6-8-13(14)15(3,17)10-11-16-5-2/h6-9,16-17H,4-5,10-12H2,1-3H3. The van der Waals surface area contributed by atoms with Gasteiger partial charge in [0.05, 0.1) is 12.2 Å². The van der Waals surface area contributed by atoms with Crippen molar-refractivity contribution in [2.75, 3.05) is 19.7 Å². The molecule has 1 rings (SSSR count). The Morgan fingerprint density at radius 1 is 1.28 bits per heavy atom. The predicted octanol–water partition coefficient (Wildman–Crippen LogP) is 2.68. The molecule has 0 aliphatic rings. The first-order valence-corrected chi connectivity index (χ1v) is 6.77. The average Bonchev–Trinajstić information content (AvgIpc) is 2.37. The molecule has 0 bridgehead atoms. The molecule has 1 unspecified atom stereocenters. The van der Waals surface area contributed by atoms with E-state index in [1.54, 1.807) is 0 Å². The second-order valence-corrected chi connectivity index (χ2v) is 4.72. The van der Waals surface area contributed by atoms with Crippen LogP contribution in [0.1, 0.15) is 39.2 Å². The summed E-state index contributed by atoms with van der Waals surface area (Å²) in [6.45, 7) is 8.38. The molecule has 102 valence electrons. The minimum absolute atomic E-state index is 0.674. The van der Waals surface area contributed by atoms with Gasteiger partial charge in [-0.3, -0.25) is 0 Å². The number of rotatable bonds is 8. The minimum atomic E-state index is -0.855. The SMILES string of the molecule is CCCOc1ccccc1C(C)(O)CCNCC. The van der Waals surface area contributed by atoms with E-state index in [9.17, 15) is 5.11 Å². The summed E-state index contributed by atoms with van der Waals surface area (Å²) in [5.41, 5.74) is 0.0170. The predicted molar refractivity (Wildman–Crippen MR) is 75.0 cm³/mol. The van der Waals surface area contributed by atoms with E-state index in [1.165, 1.54) is 0 Å². The topological polar surface area (TPSA) is 41.5 Å². The quantitative estimate of drug-likeness (QED) is 0.698. The summed E-state index contributed by atoms with van der Waals surface area (Å²) >= 11 is 0. The van der Waals surface area contributed by atoms with Crippen molar-refractivity contribution in [1.29, 1.82) is 0 Å². The van der Waals surface area contributed by atoms with Crippen molar-refractivity contribution in [1.82, 2.24) is 5.32 Å². The van der Waals surface area contributed by atoms with Gasteiger partial charge >= 0.3 is 0 Å². The molecular formula is C15H25NO2. The molecule has 0 fully saturated rings. The molecule has 0 spiro atoms. The third kappa shape index (κ3) is 4.31. The molecule has 1 aromatic rings. The summed E-state index contributed by atoms with van der Waals surface area (Å²) in [6.07, 6.45) is 1.64. The van der Waals surface area contributed by atoms with Crippen molar-refractivity contribution in [2.24, 2.45) is 0 Å². The number of benzene rings is 1. The Labute approximate surface area is 110 Å². The molecule has 1 aromatic carbocycles. The van der Waals surface area contributed by atoms with Crippen LogP contribution in [-0.4, -0.2) is 24.8 Å². The minimum Gasteiger partial charge on any atom is -0.493 e.